The molecule has 1 aromatic carbocycles. The van der Waals surface area contributed by atoms with Crippen LogP contribution >= 0.6 is 0 Å². The molecule has 2 heteroatoms. The third-order valence-electron chi connectivity index (χ3n) is 5.87. The molecule has 152 valence electrons. The van der Waals surface area contributed by atoms with Crippen molar-refractivity contribution >= 4 is 11.5 Å². The third kappa shape index (κ3) is 4.84. The first-order valence-electron chi connectivity index (χ1n) is 10.5. The second-order valence-corrected chi connectivity index (χ2v) is 8.67. The van der Waals surface area contributed by atoms with E-state index < -0.39 is 0 Å². The van der Waals surface area contributed by atoms with E-state index in [9.17, 15) is 4.79 Å². The second-order valence-electron chi connectivity index (χ2n) is 8.67. The number of carbonyl (C=O) groups excluding carboxylic acids is 1. The molecule has 0 aromatic heterocycles. The van der Waals surface area contributed by atoms with E-state index in [0.717, 1.165) is 24.8 Å². The summed E-state index contributed by atoms with van der Waals surface area (Å²) in [6.45, 7) is 17.8. The molecule has 2 nitrogen and oxygen atoms in total. The van der Waals surface area contributed by atoms with Gasteiger partial charge in [0.15, 0.2) is 0 Å². The number of rotatable bonds is 7. The summed E-state index contributed by atoms with van der Waals surface area (Å²) in [6.07, 6.45) is 7.44. The molecule has 0 radical (unpaired) electrons. The van der Waals surface area contributed by atoms with Crippen LogP contribution in [-0.4, -0.2) is 12.6 Å². The molecule has 0 saturated heterocycles. The zero-order valence-electron chi connectivity index (χ0n) is 18.6. The number of allylic oxidation sites excluding steroid dienone is 5. The van der Waals surface area contributed by atoms with Gasteiger partial charge in [-0.2, -0.15) is 0 Å². The number of esters is 1. The molecule has 0 spiro atoms. The first-order chi connectivity index (χ1) is 13.2. The molecule has 0 unspecified atom stereocenters. The van der Waals surface area contributed by atoms with Crippen molar-refractivity contribution in [3.8, 4) is 0 Å². The Kier molecular flexibility index (Phi) is 7.46. The van der Waals surface area contributed by atoms with Crippen molar-refractivity contribution in [3.05, 3.63) is 64.3 Å². The zero-order chi connectivity index (χ0) is 20.9. The summed E-state index contributed by atoms with van der Waals surface area (Å²) in [6, 6.07) is 5.95. The summed E-state index contributed by atoms with van der Waals surface area (Å²) < 4.78 is 5.38. The Morgan fingerprint density at radius 3 is 2.57 bits per heavy atom. The Bertz CT molecular complexity index is 806. The van der Waals surface area contributed by atoms with Gasteiger partial charge < -0.3 is 4.74 Å². The largest absolute Gasteiger partial charge is 0.462 e. The third-order valence-corrected chi connectivity index (χ3v) is 5.87. The van der Waals surface area contributed by atoms with Crippen molar-refractivity contribution in [1.82, 2.24) is 0 Å². The van der Waals surface area contributed by atoms with E-state index in [4.69, 9.17) is 4.74 Å². The molecular weight excluding hydrogens is 344 g/mol. The van der Waals surface area contributed by atoms with E-state index in [1.54, 1.807) is 0 Å². The summed E-state index contributed by atoms with van der Waals surface area (Å²) in [5, 5.41) is 0. The number of hydrogen-bond acceptors (Lipinski definition) is 2. The summed E-state index contributed by atoms with van der Waals surface area (Å²) in [7, 11) is 0. The van der Waals surface area contributed by atoms with Gasteiger partial charge in [0.05, 0.1) is 12.2 Å². The lowest BCUT2D eigenvalue weighted by molar-refractivity contribution is 0.0499. The summed E-state index contributed by atoms with van der Waals surface area (Å²) >= 11 is 0. The number of carbonyl (C=O) groups is 1. The Balaban J connectivity index is 2.50. The monoisotopic (exact) mass is 380 g/mol. The molecular formula is C26H36O2. The van der Waals surface area contributed by atoms with Crippen LogP contribution in [0.25, 0.3) is 5.57 Å². The van der Waals surface area contributed by atoms with E-state index in [1.807, 2.05) is 18.2 Å². The van der Waals surface area contributed by atoms with Crippen molar-refractivity contribution in [2.45, 2.75) is 73.6 Å². The lowest BCUT2D eigenvalue weighted by Crippen LogP contribution is -2.22. The molecule has 28 heavy (non-hydrogen) atoms. The van der Waals surface area contributed by atoms with Crippen LogP contribution < -0.4 is 0 Å². The van der Waals surface area contributed by atoms with Gasteiger partial charge in [-0.3, -0.25) is 0 Å². The van der Waals surface area contributed by atoms with Gasteiger partial charge >= 0.3 is 5.97 Å². The van der Waals surface area contributed by atoms with Crippen LogP contribution in [0.3, 0.4) is 0 Å². The first-order valence-corrected chi connectivity index (χ1v) is 10.5. The molecule has 0 bridgehead atoms. The molecule has 0 N–H and O–H groups in total. The van der Waals surface area contributed by atoms with Crippen LogP contribution in [0.4, 0.5) is 0 Å². The van der Waals surface area contributed by atoms with Crippen molar-refractivity contribution in [3.63, 3.8) is 0 Å². The molecule has 0 heterocycles. The van der Waals surface area contributed by atoms with Crippen molar-refractivity contribution in [2.24, 2.45) is 5.41 Å². The maximum atomic E-state index is 12.3. The van der Waals surface area contributed by atoms with E-state index in [-0.39, 0.29) is 11.4 Å². The van der Waals surface area contributed by atoms with E-state index >= 15 is 0 Å². The van der Waals surface area contributed by atoms with Gasteiger partial charge in [0.1, 0.15) is 0 Å². The average molecular weight is 381 g/mol. The minimum Gasteiger partial charge on any atom is -0.462 e. The summed E-state index contributed by atoms with van der Waals surface area (Å²) in [4.78, 5) is 12.3. The molecule has 0 fully saturated rings. The molecule has 1 aliphatic rings. The van der Waals surface area contributed by atoms with Gasteiger partial charge in [0, 0.05) is 0 Å². The highest BCUT2D eigenvalue weighted by Crippen LogP contribution is 2.48. The van der Waals surface area contributed by atoms with Crippen molar-refractivity contribution in [2.75, 3.05) is 6.61 Å². The highest BCUT2D eigenvalue weighted by atomic mass is 16.5. The minimum absolute atomic E-state index is 0.131. The number of hydrogen-bond donors (Lipinski definition) is 0. The van der Waals surface area contributed by atoms with Crippen molar-refractivity contribution < 1.29 is 9.53 Å². The molecule has 1 aromatic rings. The van der Waals surface area contributed by atoms with E-state index in [2.05, 4.69) is 54.2 Å². The maximum absolute atomic E-state index is 12.3. The standard InChI is InChI=1S/C26H36O2/c1-8-10-16-28-25(27)21-13-14-22(20(5)17-21)23(18(3)9-2)24-19(4)12-11-15-26(24,6)7/h9,13-14,17H,2,8,10-12,15-16H2,1,3-7H3/b23-18+. The number of unbranched alkanes of at least 4 members (excludes halogenated alkanes) is 1. The number of ether oxygens (including phenoxy) is 1. The molecule has 0 saturated carbocycles. The molecule has 1 aliphatic carbocycles. The van der Waals surface area contributed by atoms with Gasteiger partial charge in [-0.1, -0.05) is 51.5 Å². The summed E-state index contributed by atoms with van der Waals surface area (Å²) in [5.74, 6) is -0.234. The Labute approximate surface area is 171 Å². The number of benzene rings is 1. The van der Waals surface area contributed by atoms with Crippen LogP contribution in [0.5, 0.6) is 0 Å². The normalized spacial score (nSPS) is 17.2. The van der Waals surface area contributed by atoms with Crippen LogP contribution in [0.1, 0.15) is 88.2 Å². The zero-order valence-corrected chi connectivity index (χ0v) is 18.6. The van der Waals surface area contributed by atoms with Gasteiger partial charge in [0.25, 0.3) is 0 Å². The fourth-order valence-electron chi connectivity index (χ4n) is 4.28. The Morgan fingerprint density at radius 1 is 1.29 bits per heavy atom. The highest BCUT2D eigenvalue weighted by molar-refractivity contribution is 5.92. The summed E-state index contributed by atoms with van der Waals surface area (Å²) in [5.41, 5.74) is 8.42. The Hall–Kier alpha value is -2.09. The quantitative estimate of drug-likeness (QED) is 0.279. The van der Waals surface area contributed by atoms with Crippen LogP contribution in [0, 0.1) is 12.3 Å². The SMILES string of the molecule is C=C/C(C)=C(/C1=C(C)CCCC1(C)C)c1ccc(C(=O)OCCCC)cc1C. The van der Waals surface area contributed by atoms with Gasteiger partial charge in [-0.15, -0.1) is 0 Å². The van der Waals surface area contributed by atoms with E-state index in [0.29, 0.717) is 12.2 Å². The smallest absolute Gasteiger partial charge is 0.338 e. The Morgan fingerprint density at radius 2 is 2.00 bits per heavy atom. The fourth-order valence-corrected chi connectivity index (χ4v) is 4.28. The van der Waals surface area contributed by atoms with Crippen LogP contribution in [-0.2, 0) is 4.74 Å². The number of aryl methyl sites for hydroxylation is 1. The predicted octanol–water partition coefficient (Wildman–Crippen LogP) is 7.44. The maximum Gasteiger partial charge on any atom is 0.338 e. The molecule has 0 atom stereocenters. The lowest BCUT2D eigenvalue weighted by atomic mass is 9.67. The second kappa shape index (κ2) is 9.41. The average Bonchev–Trinajstić information content (AvgIpc) is 2.64. The predicted molar refractivity (Wildman–Crippen MR) is 119 cm³/mol. The topological polar surface area (TPSA) is 26.3 Å². The highest BCUT2D eigenvalue weighted by Gasteiger charge is 2.32. The first kappa shape index (κ1) is 22.2. The lowest BCUT2D eigenvalue weighted by Gasteiger charge is -2.37. The van der Waals surface area contributed by atoms with Gasteiger partial charge in [0.2, 0.25) is 0 Å². The van der Waals surface area contributed by atoms with Gasteiger partial charge in [-0.25, -0.2) is 4.79 Å². The van der Waals surface area contributed by atoms with Gasteiger partial charge in [-0.05, 0) is 91.8 Å². The fraction of sp³-hybridized carbons (Fsp3) is 0.500. The van der Waals surface area contributed by atoms with Crippen LogP contribution in [0.15, 0.2) is 47.6 Å². The molecule has 0 amide bonds. The van der Waals surface area contributed by atoms with Crippen LogP contribution in [0.2, 0.25) is 0 Å². The van der Waals surface area contributed by atoms with E-state index in [1.165, 1.54) is 40.7 Å². The molecule has 0 aliphatic heterocycles. The molecule has 2 rings (SSSR count). The van der Waals surface area contributed by atoms with Crippen molar-refractivity contribution in [1.29, 1.82) is 0 Å². The minimum atomic E-state index is -0.234.